The van der Waals surface area contributed by atoms with Gasteiger partial charge in [-0.05, 0) is 23.8 Å². The molecule has 0 radical (unpaired) electrons. The first-order valence-corrected chi connectivity index (χ1v) is 8.31. The van der Waals surface area contributed by atoms with Crippen molar-refractivity contribution < 1.29 is 13.2 Å². The minimum absolute atomic E-state index is 0.187. The molecule has 24 heavy (non-hydrogen) atoms. The van der Waals surface area contributed by atoms with Gasteiger partial charge in [0, 0.05) is 5.75 Å². The molecular weight excluding hydrogens is 337 g/mol. The summed E-state index contributed by atoms with van der Waals surface area (Å²) in [6.07, 6.45) is -4.37. The summed E-state index contributed by atoms with van der Waals surface area (Å²) in [4.78, 5) is 19.0. The minimum Gasteiger partial charge on any atom is -0.309 e. The summed E-state index contributed by atoms with van der Waals surface area (Å²) in [6, 6.07) is 12.4. The van der Waals surface area contributed by atoms with Crippen LogP contribution >= 0.6 is 11.8 Å². The average molecular weight is 350 g/mol. The van der Waals surface area contributed by atoms with Crippen molar-refractivity contribution in [3.05, 3.63) is 75.8 Å². The standard InChI is InChI=1S/C17H13F3N2OS/c18-17(19,20)13-7-3-1-5-11(13)9-24-10-15-21-14-8-4-2-6-12(14)16(23)22-15/h1-8H,9-10H2,(H,21,22,23). The first kappa shape index (κ1) is 16.6. The Morgan fingerprint density at radius 3 is 2.50 bits per heavy atom. The second-order valence-corrected chi connectivity index (χ2v) is 6.16. The molecule has 3 aromatic rings. The molecule has 0 aliphatic carbocycles. The lowest BCUT2D eigenvalue weighted by Crippen LogP contribution is -2.11. The molecule has 1 N–H and O–H groups in total. The van der Waals surface area contributed by atoms with Gasteiger partial charge in [0.25, 0.3) is 5.56 Å². The van der Waals surface area contributed by atoms with E-state index >= 15 is 0 Å². The Bertz CT molecular complexity index is 921. The van der Waals surface area contributed by atoms with Crippen LogP contribution in [-0.4, -0.2) is 9.97 Å². The molecule has 0 saturated carbocycles. The Kier molecular flexibility index (Phi) is 4.62. The van der Waals surface area contributed by atoms with E-state index in [0.29, 0.717) is 22.5 Å². The lowest BCUT2D eigenvalue weighted by molar-refractivity contribution is -0.138. The highest BCUT2D eigenvalue weighted by atomic mass is 32.2. The van der Waals surface area contributed by atoms with E-state index < -0.39 is 11.7 Å². The van der Waals surface area contributed by atoms with Crippen molar-refractivity contribution in [3.8, 4) is 0 Å². The number of para-hydroxylation sites is 1. The van der Waals surface area contributed by atoms with Crippen molar-refractivity contribution in [1.29, 1.82) is 0 Å². The molecule has 0 amide bonds. The van der Waals surface area contributed by atoms with Crippen LogP contribution in [0.5, 0.6) is 0 Å². The smallest absolute Gasteiger partial charge is 0.309 e. The van der Waals surface area contributed by atoms with Gasteiger partial charge < -0.3 is 4.98 Å². The number of aromatic nitrogens is 2. The first-order chi connectivity index (χ1) is 11.4. The zero-order valence-corrected chi connectivity index (χ0v) is 13.2. The van der Waals surface area contributed by atoms with E-state index in [2.05, 4.69) is 9.97 Å². The van der Waals surface area contributed by atoms with E-state index in [9.17, 15) is 18.0 Å². The molecule has 1 aromatic heterocycles. The van der Waals surface area contributed by atoms with Gasteiger partial charge in [0.2, 0.25) is 0 Å². The van der Waals surface area contributed by atoms with Crippen LogP contribution in [-0.2, 0) is 17.7 Å². The van der Waals surface area contributed by atoms with Gasteiger partial charge >= 0.3 is 6.18 Å². The van der Waals surface area contributed by atoms with Gasteiger partial charge in [0.05, 0.1) is 22.2 Å². The summed E-state index contributed by atoms with van der Waals surface area (Å²) in [6.45, 7) is 0. The fourth-order valence-electron chi connectivity index (χ4n) is 2.38. The summed E-state index contributed by atoms with van der Waals surface area (Å²) in [5, 5.41) is 0.494. The molecule has 0 atom stereocenters. The molecule has 1 heterocycles. The molecule has 124 valence electrons. The maximum absolute atomic E-state index is 13.0. The van der Waals surface area contributed by atoms with Crippen LogP contribution < -0.4 is 5.56 Å². The van der Waals surface area contributed by atoms with Gasteiger partial charge in [-0.1, -0.05) is 30.3 Å². The Hall–Kier alpha value is -2.28. The van der Waals surface area contributed by atoms with Gasteiger partial charge in [0.15, 0.2) is 0 Å². The van der Waals surface area contributed by atoms with Gasteiger partial charge in [-0.25, -0.2) is 4.98 Å². The molecule has 7 heteroatoms. The topological polar surface area (TPSA) is 45.8 Å². The van der Waals surface area contributed by atoms with Crippen molar-refractivity contribution in [1.82, 2.24) is 9.97 Å². The first-order valence-electron chi connectivity index (χ1n) is 7.16. The van der Waals surface area contributed by atoms with Crippen LogP contribution in [0.1, 0.15) is 17.0 Å². The van der Waals surface area contributed by atoms with E-state index in [1.165, 1.54) is 23.9 Å². The number of H-pyrrole nitrogens is 1. The number of nitrogens with zero attached hydrogens (tertiary/aromatic N) is 1. The van der Waals surface area contributed by atoms with Crippen LogP contribution in [0.25, 0.3) is 10.9 Å². The molecule has 0 saturated heterocycles. The fraction of sp³-hybridized carbons (Fsp3) is 0.176. The second kappa shape index (κ2) is 6.68. The van der Waals surface area contributed by atoms with E-state index in [0.717, 1.165) is 6.07 Å². The number of aromatic amines is 1. The van der Waals surface area contributed by atoms with E-state index in [1.807, 2.05) is 0 Å². The van der Waals surface area contributed by atoms with Crippen molar-refractivity contribution in [3.63, 3.8) is 0 Å². The van der Waals surface area contributed by atoms with Crippen molar-refractivity contribution >= 4 is 22.7 Å². The van der Waals surface area contributed by atoms with Crippen LogP contribution in [0.3, 0.4) is 0 Å². The predicted molar refractivity (Wildman–Crippen MR) is 88.8 cm³/mol. The van der Waals surface area contributed by atoms with Gasteiger partial charge in [-0.2, -0.15) is 13.2 Å². The molecule has 0 fully saturated rings. The third-order valence-electron chi connectivity index (χ3n) is 3.48. The number of halogens is 3. The molecule has 0 spiro atoms. The molecular formula is C17H13F3N2OS. The third kappa shape index (κ3) is 3.62. The molecule has 2 aromatic carbocycles. The molecule has 3 nitrogen and oxygen atoms in total. The minimum atomic E-state index is -4.37. The number of hydrogen-bond acceptors (Lipinski definition) is 3. The van der Waals surface area contributed by atoms with E-state index in [4.69, 9.17) is 0 Å². The summed E-state index contributed by atoms with van der Waals surface area (Å²) in [5.74, 6) is 0.964. The molecule has 0 unspecified atom stereocenters. The molecule has 0 bridgehead atoms. The van der Waals surface area contributed by atoms with Crippen molar-refractivity contribution in [2.24, 2.45) is 0 Å². The molecule has 0 aliphatic rings. The van der Waals surface area contributed by atoms with Crippen LogP contribution in [0.2, 0.25) is 0 Å². The summed E-state index contributed by atoms with van der Waals surface area (Å²) in [5.41, 5.74) is -0.0740. The lowest BCUT2D eigenvalue weighted by atomic mass is 10.1. The SMILES string of the molecule is O=c1[nH]c(CSCc2ccccc2C(F)(F)F)nc2ccccc12. The van der Waals surface area contributed by atoms with Gasteiger partial charge in [-0.3, -0.25) is 4.79 Å². The maximum atomic E-state index is 13.0. The van der Waals surface area contributed by atoms with Crippen LogP contribution in [0, 0.1) is 0 Å². The fourth-order valence-corrected chi connectivity index (χ4v) is 3.29. The van der Waals surface area contributed by atoms with Crippen molar-refractivity contribution in [2.45, 2.75) is 17.7 Å². The lowest BCUT2D eigenvalue weighted by Gasteiger charge is -2.12. The largest absolute Gasteiger partial charge is 0.416 e. The number of hydrogen-bond donors (Lipinski definition) is 1. The normalized spacial score (nSPS) is 11.8. The highest BCUT2D eigenvalue weighted by Gasteiger charge is 2.32. The number of thioether (sulfide) groups is 1. The van der Waals surface area contributed by atoms with Crippen LogP contribution in [0.15, 0.2) is 53.3 Å². The number of fused-ring (bicyclic) bond motifs is 1. The highest BCUT2D eigenvalue weighted by molar-refractivity contribution is 7.97. The summed E-state index contributed by atoms with van der Waals surface area (Å²) >= 11 is 1.27. The van der Waals surface area contributed by atoms with Crippen molar-refractivity contribution in [2.75, 3.05) is 0 Å². The highest BCUT2D eigenvalue weighted by Crippen LogP contribution is 2.33. The van der Waals surface area contributed by atoms with E-state index in [-0.39, 0.29) is 16.9 Å². The predicted octanol–water partition coefficient (Wildman–Crippen LogP) is 4.38. The van der Waals surface area contributed by atoms with Gasteiger partial charge in [0.1, 0.15) is 5.82 Å². The summed E-state index contributed by atoms with van der Waals surface area (Å²) < 4.78 is 38.9. The second-order valence-electron chi connectivity index (χ2n) is 5.18. The number of benzene rings is 2. The van der Waals surface area contributed by atoms with Gasteiger partial charge in [-0.15, -0.1) is 11.8 Å². The Morgan fingerprint density at radius 2 is 1.71 bits per heavy atom. The Labute approximate surface area is 139 Å². The zero-order valence-electron chi connectivity index (χ0n) is 12.4. The Morgan fingerprint density at radius 1 is 1.00 bits per heavy atom. The molecule has 0 aliphatic heterocycles. The van der Waals surface area contributed by atoms with Crippen LogP contribution in [0.4, 0.5) is 13.2 Å². The number of rotatable bonds is 4. The molecule has 3 rings (SSSR count). The number of alkyl halides is 3. The maximum Gasteiger partial charge on any atom is 0.416 e. The number of nitrogens with one attached hydrogen (secondary N) is 1. The quantitative estimate of drug-likeness (QED) is 0.760. The third-order valence-corrected chi connectivity index (χ3v) is 4.47. The van der Waals surface area contributed by atoms with E-state index in [1.54, 1.807) is 30.3 Å². The monoisotopic (exact) mass is 350 g/mol. The Balaban J connectivity index is 1.75. The zero-order chi connectivity index (χ0) is 17.2. The average Bonchev–Trinajstić information content (AvgIpc) is 2.54. The summed E-state index contributed by atoms with van der Waals surface area (Å²) in [7, 11) is 0.